The summed E-state index contributed by atoms with van der Waals surface area (Å²) in [5.41, 5.74) is 3.40. The summed E-state index contributed by atoms with van der Waals surface area (Å²) < 4.78 is 5.36. The first-order valence-corrected chi connectivity index (χ1v) is 18.9. The van der Waals surface area contributed by atoms with Crippen molar-refractivity contribution in [3.63, 3.8) is 0 Å². The van der Waals surface area contributed by atoms with Crippen molar-refractivity contribution < 1.29 is 19.1 Å². The van der Waals surface area contributed by atoms with Crippen LogP contribution in [0.3, 0.4) is 0 Å². The van der Waals surface area contributed by atoms with Crippen molar-refractivity contribution in [1.29, 1.82) is 0 Å². The molecule has 0 spiro atoms. The van der Waals surface area contributed by atoms with Gasteiger partial charge in [0.15, 0.2) is 5.82 Å². The number of nitrogens with zero attached hydrogens (tertiary/aromatic N) is 6. The number of hydrogen-bond acceptors (Lipinski definition) is 10. The number of carbonyl (C=O) groups excluding carboxylic acids is 3. The number of H-pyrrole nitrogens is 1. The topological polar surface area (TPSA) is 170 Å². The van der Waals surface area contributed by atoms with Crippen molar-refractivity contribution in [2.24, 2.45) is 11.8 Å². The SMILES string of the molecule is CN1CCN(c2ncc(-c3cccc(C[C@H](NC(=O)C4CCC(CNC(=O)OC(C)(C)C)CC4)C(=O)Nc4ccc(-c5n[nH]c(Cl)n5)cc4)c3)cn2)CC1. The summed E-state index contributed by atoms with van der Waals surface area (Å²) in [7, 11) is 2.12. The zero-order valence-electron chi connectivity index (χ0n) is 31.3. The first kappa shape index (κ1) is 38.6. The van der Waals surface area contributed by atoms with Crippen LogP contribution < -0.4 is 20.9 Å². The van der Waals surface area contributed by atoms with Crippen LogP contribution in [-0.4, -0.2) is 99.4 Å². The van der Waals surface area contributed by atoms with Crippen LogP contribution in [0, 0.1) is 11.8 Å². The number of amides is 3. The summed E-state index contributed by atoms with van der Waals surface area (Å²) in [5.74, 6) is 0.671. The molecule has 2 aromatic carbocycles. The van der Waals surface area contributed by atoms with E-state index in [0.29, 0.717) is 36.8 Å². The number of likely N-dealkylation sites (N-methyl/N-ethyl adjacent to an activating group) is 1. The molecule has 2 fully saturated rings. The molecular weight excluding hydrogens is 708 g/mol. The number of ether oxygens (including phenoxy) is 1. The fourth-order valence-corrected chi connectivity index (χ4v) is 6.85. The van der Waals surface area contributed by atoms with Crippen LogP contribution in [0.25, 0.3) is 22.5 Å². The minimum absolute atomic E-state index is 0.158. The summed E-state index contributed by atoms with van der Waals surface area (Å²) in [6.07, 6.45) is 6.39. The third-order valence-corrected chi connectivity index (χ3v) is 9.95. The first-order valence-electron chi connectivity index (χ1n) is 18.5. The minimum atomic E-state index is -0.846. The Morgan fingerprint density at radius 1 is 0.944 bits per heavy atom. The van der Waals surface area contributed by atoms with Gasteiger partial charge in [-0.3, -0.25) is 9.59 Å². The van der Waals surface area contributed by atoms with Crippen LogP contribution in [0.4, 0.5) is 16.4 Å². The van der Waals surface area contributed by atoms with Gasteiger partial charge in [-0.1, -0.05) is 24.3 Å². The second-order valence-electron chi connectivity index (χ2n) is 15.1. The zero-order chi connectivity index (χ0) is 38.2. The smallest absolute Gasteiger partial charge is 0.407 e. The van der Waals surface area contributed by atoms with Crippen LogP contribution in [0.2, 0.25) is 5.28 Å². The van der Waals surface area contributed by atoms with E-state index in [-0.39, 0.29) is 35.4 Å². The Balaban J connectivity index is 1.12. The molecule has 1 aliphatic carbocycles. The van der Waals surface area contributed by atoms with Crippen molar-refractivity contribution in [2.75, 3.05) is 50.0 Å². The molecule has 286 valence electrons. The number of aromatic nitrogens is 5. The Morgan fingerprint density at radius 2 is 1.65 bits per heavy atom. The second-order valence-corrected chi connectivity index (χ2v) is 15.5. The Labute approximate surface area is 320 Å². The van der Waals surface area contributed by atoms with E-state index in [2.05, 4.69) is 57.9 Å². The molecule has 0 radical (unpaired) electrons. The molecule has 4 aromatic rings. The van der Waals surface area contributed by atoms with Gasteiger partial charge >= 0.3 is 6.09 Å². The van der Waals surface area contributed by atoms with Crippen molar-refractivity contribution >= 4 is 41.1 Å². The van der Waals surface area contributed by atoms with Gasteiger partial charge in [0.05, 0.1) is 0 Å². The molecule has 0 unspecified atom stereocenters. The zero-order valence-corrected chi connectivity index (χ0v) is 32.0. The number of halogens is 1. The molecule has 3 heterocycles. The largest absolute Gasteiger partial charge is 0.444 e. The van der Waals surface area contributed by atoms with E-state index in [1.807, 2.05) is 57.4 Å². The van der Waals surface area contributed by atoms with Crippen LogP contribution in [0.15, 0.2) is 60.9 Å². The number of piperazine rings is 1. The van der Waals surface area contributed by atoms with Crippen LogP contribution in [0.5, 0.6) is 0 Å². The molecule has 1 saturated heterocycles. The molecule has 0 bridgehead atoms. The number of alkyl carbamates (subject to hydrolysis) is 1. The molecule has 2 aliphatic rings. The molecule has 4 N–H and O–H groups in total. The first-order chi connectivity index (χ1) is 25.9. The predicted molar refractivity (Wildman–Crippen MR) is 208 cm³/mol. The summed E-state index contributed by atoms with van der Waals surface area (Å²) in [4.78, 5) is 57.7. The van der Waals surface area contributed by atoms with Crippen LogP contribution in [0.1, 0.15) is 52.0 Å². The third kappa shape index (κ3) is 10.8. The number of carbonyl (C=O) groups is 3. The summed E-state index contributed by atoms with van der Waals surface area (Å²) in [5, 5.41) is 15.8. The van der Waals surface area contributed by atoms with E-state index in [4.69, 9.17) is 16.3 Å². The normalized spacial score (nSPS) is 18.4. The second kappa shape index (κ2) is 17.4. The number of aromatic amines is 1. The Hall–Kier alpha value is -5.08. The Kier molecular flexibility index (Phi) is 12.4. The van der Waals surface area contributed by atoms with Crippen molar-refractivity contribution in [1.82, 2.24) is 40.7 Å². The molecule has 6 rings (SSSR count). The molecule has 15 heteroatoms. The average Bonchev–Trinajstić information content (AvgIpc) is 3.60. The monoisotopic (exact) mass is 756 g/mol. The molecule has 3 amide bonds. The van der Waals surface area contributed by atoms with Crippen LogP contribution >= 0.6 is 11.6 Å². The van der Waals surface area contributed by atoms with E-state index < -0.39 is 17.7 Å². The average molecular weight is 757 g/mol. The molecule has 1 atom stereocenters. The van der Waals surface area contributed by atoms with Gasteiger partial charge in [0.2, 0.25) is 23.0 Å². The van der Waals surface area contributed by atoms with E-state index in [1.165, 1.54) is 0 Å². The van der Waals surface area contributed by atoms with E-state index in [1.54, 1.807) is 24.3 Å². The minimum Gasteiger partial charge on any atom is -0.444 e. The molecule has 2 aromatic heterocycles. The highest BCUT2D eigenvalue weighted by Gasteiger charge is 2.30. The van der Waals surface area contributed by atoms with Gasteiger partial charge in [-0.15, -0.1) is 0 Å². The van der Waals surface area contributed by atoms with Gasteiger partial charge in [0.25, 0.3) is 0 Å². The molecule has 1 saturated carbocycles. The molecule has 14 nitrogen and oxygen atoms in total. The van der Waals surface area contributed by atoms with Gasteiger partial charge < -0.3 is 30.5 Å². The van der Waals surface area contributed by atoms with Gasteiger partial charge in [-0.05, 0) is 106 Å². The fourth-order valence-electron chi connectivity index (χ4n) is 6.73. The lowest BCUT2D eigenvalue weighted by molar-refractivity contribution is -0.130. The lowest BCUT2D eigenvalue weighted by atomic mass is 9.81. The lowest BCUT2D eigenvalue weighted by Crippen LogP contribution is -2.48. The predicted octanol–water partition coefficient (Wildman–Crippen LogP) is 5.33. The number of benzene rings is 2. The molecule has 1 aliphatic heterocycles. The summed E-state index contributed by atoms with van der Waals surface area (Å²) in [6.45, 7) is 9.69. The number of rotatable bonds is 11. The highest BCUT2D eigenvalue weighted by molar-refractivity contribution is 6.28. The van der Waals surface area contributed by atoms with Gasteiger partial charge in [-0.2, -0.15) is 10.1 Å². The van der Waals surface area contributed by atoms with Crippen molar-refractivity contribution in [2.45, 2.75) is 64.5 Å². The Bertz CT molecular complexity index is 1880. The highest BCUT2D eigenvalue weighted by atomic mass is 35.5. The third-order valence-electron chi connectivity index (χ3n) is 9.78. The molecular formula is C39H49ClN10O4. The van der Waals surface area contributed by atoms with Crippen molar-refractivity contribution in [3.05, 3.63) is 71.8 Å². The quantitative estimate of drug-likeness (QED) is 0.157. The van der Waals surface area contributed by atoms with Gasteiger partial charge in [0, 0.05) is 74.3 Å². The van der Waals surface area contributed by atoms with Crippen LogP contribution in [-0.2, 0) is 20.7 Å². The summed E-state index contributed by atoms with van der Waals surface area (Å²) >= 11 is 5.90. The Morgan fingerprint density at radius 3 is 2.30 bits per heavy atom. The number of nitrogens with one attached hydrogen (secondary N) is 4. The maximum Gasteiger partial charge on any atom is 0.407 e. The number of anilines is 2. The van der Waals surface area contributed by atoms with Gasteiger partial charge in [-0.25, -0.2) is 19.9 Å². The molecule has 54 heavy (non-hydrogen) atoms. The van der Waals surface area contributed by atoms with E-state index >= 15 is 0 Å². The standard InChI is InChI=1S/C39H49ClN10O4/c1-39(2,3)54-38(53)43-22-25-8-10-28(11-9-25)34(51)45-32(35(52)44-31-14-12-27(13-15-31)33-46-36(40)48-47-33)21-26-6-5-7-29(20-26)30-23-41-37(42-24-30)50-18-16-49(4)17-19-50/h5-7,12-15,20,23-25,28,32H,8-11,16-19,21-22H2,1-4H3,(H,43,53)(H,44,52)(H,45,51)(H,46,47,48)/t25?,28?,32-/m0/s1. The maximum atomic E-state index is 13.9. The van der Waals surface area contributed by atoms with Gasteiger partial charge in [0.1, 0.15) is 11.6 Å². The maximum absolute atomic E-state index is 13.9. The highest BCUT2D eigenvalue weighted by Crippen LogP contribution is 2.29. The lowest BCUT2D eigenvalue weighted by Gasteiger charge is -2.32. The number of hydrogen-bond donors (Lipinski definition) is 4. The summed E-state index contributed by atoms with van der Waals surface area (Å²) in [6, 6.07) is 14.2. The van der Waals surface area contributed by atoms with Crippen molar-refractivity contribution in [3.8, 4) is 22.5 Å². The van der Waals surface area contributed by atoms with E-state index in [0.717, 1.165) is 61.3 Å². The van der Waals surface area contributed by atoms with E-state index in [9.17, 15) is 14.4 Å². The fraction of sp³-hybridized carbons (Fsp3) is 0.462.